The van der Waals surface area contributed by atoms with E-state index in [9.17, 15) is 18.0 Å². The molecule has 33 heavy (non-hydrogen) atoms. The number of anilines is 1. The van der Waals surface area contributed by atoms with Crippen LogP contribution in [0.2, 0.25) is 0 Å². The molecule has 9 heteroatoms. The molecule has 1 heterocycles. The minimum atomic E-state index is -3.76. The van der Waals surface area contributed by atoms with Crippen molar-refractivity contribution < 1.29 is 27.5 Å². The van der Waals surface area contributed by atoms with E-state index in [0.29, 0.717) is 30.1 Å². The summed E-state index contributed by atoms with van der Waals surface area (Å²) >= 11 is 0. The first-order chi connectivity index (χ1) is 15.8. The zero-order valence-corrected chi connectivity index (χ0v) is 20.1. The summed E-state index contributed by atoms with van der Waals surface area (Å²) in [7, 11) is -2.30. The first kappa shape index (κ1) is 24.7. The first-order valence-corrected chi connectivity index (χ1v) is 12.5. The number of benzene rings is 2. The highest BCUT2D eigenvalue weighted by Gasteiger charge is 2.27. The summed E-state index contributed by atoms with van der Waals surface area (Å²) < 4.78 is 37.9. The SMILES string of the molecule is CCN(CC)S(=O)(=O)c1ccc(N2CCCC2)c(C(=O)OCC(=O)c2ccccc2OC)c1. The van der Waals surface area contributed by atoms with Gasteiger partial charge in [0.1, 0.15) is 5.75 Å². The van der Waals surface area contributed by atoms with Crippen molar-refractivity contribution in [2.45, 2.75) is 31.6 Å². The summed E-state index contributed by atoms with van der Waals surface area (Å²) in [6.07, 6.45) is 1.97. The highest BCUT2D eigenvalue weighted by molar-refractivity contribution is 7.89. The third kappa shape index (κ3) is 5.36. The zero-order valence-electron chi connectivity index (χ0n) is 19.2. The first-order valence-electron chi connectivity index (χ1n) is 11.1. The number of hydrogen-bond donors (Lipinski definition) is 0. The third-order valence-corrected chi connectivity index (χ3v) is 7.77. The molecule has 8 nitrogen and oxygen atoms in total. The quantitative estimate of drug-likeness (QED) is 0.385. The summed E-state index contributed by atoms with van der Waals surface area (Å²) in [4.78, 5) is 27.7. The fourth-order valence-corrected chi connectivity index (χ4v) is 5.43. The van der Waals surface area contributed by atoms with Crippen molar-refractivity contribution >= 4 is 27.5 Å². The van der Waals surface area contributed by atoms with Gasteiger partial charge in [0.05, 0.1) is 28.8 Å². The Labute approximate surface area is 195 Å². The van der Waals surface area contributed by atoms with E-state index in [1.807, 2.05) is 4.90 Å². The summed E-state index contributed by atoms with van der Waals surface area (Å²) in [5.74, 6) is -0.754. The van der Waals surface area contributed by atoms with Gasteiger partial charge in [-0.25, -0.2) is 13.2 Å². The Morgan fingerprint density at radius 1 is 1.00 bits per heavy atom. The molecule has 0 unspecified atom stereocenters. The van der Waals surface area contributed by atoms with Crippen molar-refractivity contribution in [2.24, 2.45) is 0 Å². The van der Waals surface area contributed by atoms with Gasteiger partial charge >= 0.3 is 5.97 Å². The lowest BCUT2D eigenvalue weighted by Gasteiger charge is -2.23. The molecule has 0 bridgehead atoms. The van der Waals surface area contributed by atoms with Crippen LogP contribution < -0.4 is 9.64 Å². The third-order valence-electron chi connectivity index (χ3n) is 5.72. The molecule has 1 fully saturated rings. The van der Waals surface area contributed by atoms with Crippen molar-refractivity contribution in [3.8, 4) is 5.75 Å². The Morgan fingerprint density at radius 2 is 1.67 bits per heavy atom. The van der Waals surface area contributed by atoms with E-state index in [0.717, 1.165) is 25.9 Å². The maximum atomic E-state index is 13.1. The monoisotopic (exact) mass is 474 g/mol. The molecule has 2 aromatic carbocycles. The average Bonchev–Trinajstić information content (AvgIpc) is 3.37. The highest BCUT2D eigenvalue weighted by atomic mass is 32.2. The number of nitrogens with zero attached hydrogens (tertiary/aromatic N) is 2. The molecule has 0 N–H and O–H groups in total. The second kappa shape index (κ2) is 10.8. The van der Waals surface area contributed by atoms with Gasteiger partial charge in [-0.2, -0.15) is 4.31 Å². The largest absolute Gasteiger partial charge is 0.496 e. The van der Waals surface area contributed by atoms with Crippen molar-refractivity contribution in [1.82, 2.24) is 4.31 Å². The van der Waals surface area contributed by atoms with Crippen molar-refractivity contribution in [3.05, 3.63) is 53.6 Å². The lowest BCUT2D eigenvalue weighted by atomic mass is 10.1. The zero-order chi connectivity index (χ0) is 24.0. The molecule has 1 aliphatic rings. The molecule has 0 spiro atoms. The maximum Gasteiger partial charge on any atom is 0.340 e. The van der Waals surface area contributed by atoms with Crippen LogP contribution in [-0.2, 0) is 14.8 Å². The summed E-state index contributed by atoms with van der Waals surface area (Å²) in [5.41, 5.74) is 1.06. The van der Waals surface area contributed by atoms with E-state index in [1.165, 1.54) is 23.5 Å². The van der Waals surface area contributed by atoms with Gasteiger partial charge in [0.15, 0.2) is 6.61 Å². The normalized spacial score (nSPS) is 13.9. The Bertz CT molecular complexity index is 1110. The minimum Gasteiger partial charge on any atom is -0.496 e. The van der Waals surface area contributed by atoms with Gasteiger partial charge in [-0.3, -0.25) is 4.79 Å². The molecule has 1 aliphatic heterocycles. The van der Waals surface area contributed by atoms with E-state index < -0.39 is 28.4 Å². The van der Waals surface area contributed by atoms with Crippen LogP contribution in [0, 0.1) is 0 Å². The molecule has 0 aliphatic carbocycles. The number of ketones is 1. The van der Waals surface area contributed by atoms with Gasteiger partial charge in [0.2, 0.25) is 15.8 Å². The Hall–Kier alpha value is -2.91. The van der Waals surface area contributed by atoms with E-state index in [1.54, 1.807) is 44.2 Å². The predicted octanol–water partition coefficient (Wildman–Crippen LogP) is 3.37. The second-order valence-electron chi connectivity index (χ2n) is 7.66. The topological polar surface area (TPSA) is 93.2 Å². The number of sulfonamides is 1. The Morgan fingerprint density at radius 3 is 2.30 bits per heavy atom. The number of ether oxygens (including phenoxy) is 2. The van der Waals surface area contributed by atoms with E-state index in [4.69, 9.17) is 9.47 Å². The summed E-state index contributed by atoms with van der Waals surface area (Å²) in [5, 5.41) is 0. The van der Waals surface area contributed by atoms with Gasteiger partial charge in [0, 0.05) is 26.2 Å². The fourth-order valence-electron chi connectivity index (χ4n) is 3.95. The molecule has 0 radical (unpaired) electrons. The van der Waals surface area contributed by atoms with E-state index in [2.05, 4.69) is 0 Å². The molecule has 0 aromatic heterocycles. The number of hydrogen-bond acceptors (Lipinski definition) is 7. The Kier molecular flexibility index (Phi) is 8.10. The lowest BCUT2D eigenvalue weighted by molar-refractivity contribution is 0.0474. The van der Waals surface area contributed by atoms with Crippen LogP contribution >= 0.6 is 0 Å². The van der Waals surface area contributed by atoms with Crippen LogP contribution in [0.5, 0.6) is 5.75 Å². The summed E-state index contributed by atoms with van der Waals surface area (Å²) in [6.45, 7) is 5.22. The second-order valence-corrected chi connectivity index (χ2v) is 9.60. The van der Waals surface area contributed by atoms with Crippen LogP contribution in [0.1, 0.15) is 47.4 Å². The number of rotatable bonds is 10. The highest BCUT2D eigenvalue weighted by Crippen LogP contribution is 2.29. The van der Waals surface area contributed by atoms with E-state index >= 15 is 0 Å². The lowest BCUT2D eigenvalue weighted by Crippen LogP contribution is -2.31. The predicted molar refractivity (Wildman–Crippen MR) is 126 cm³/mol. The number of Topliss-reactive ketones (excluding diaryl/α,β-unsaturated/α-hetero) is 1. The van der Waals surface area contributed by atoms with Gasteiger partial charge < -0.3 is 14.4 Å². The van der Waals surface area contributed by atoms with Crippen molar-refractivity contribution in [1.29, 1.82) is 0 Å². The number of esters is 1. The number of para-hydroxylation sites is 1. The molecule has 0 amide bonds. The summed E-state index contributed by atoms with van der Waals surface area (Å²) in [6, 6.07) is 11.2. The molecule has 0 atom stereocenters. The van der Waals surface area contributed by atoms with Gasteiger partial charge in [-0.15, -0.1) is 0 Å². The van der Waals surface area contributed by atoms with Gasteiger partial charge in [-0.05, 0) is 43.2 Å². The van der Waals surface area contributed by atoms with Gasteiger partial charge in [0.25, 0.3) is 0 Å². The number of carbonyl (C=O) groups is 2. The molecular formula is C24H30N2O6S. The maximum absolute atomic E-state index is 13.1. The molecule has 1 saturated heterocycles. The van der Waals surface area contributed by atoms with Crippen LogP contribution in [-0.4, -0.2) is 64.4 Å². The van der Waals surface area contributed by atoms with Crippen LogP contribution in [0.3, 0.4) is 0 Å². The molecular weight excluding hydrogens is 444 g/mol. The molecule has 178 valence electrons. The molecule has 0 saturated carbocycles. The molecule has 2 aromatic rings. The van der Waals surface area contributed by atoms with Gasteiger partial charge in [-0.1, -0.05) is 26.0 Å². The smallest absolute Gasteiger partial charge is 0.340 e. The Balaban J connectivity index is 1.90. The van der Waals surface area contributed by atoms with Crippen molar-refractivity contribution in [2.75, 3.05) is 44.8 Å². The van der Waals surface area contributed by atoms with Crippen LogP contribution in [0.15, 0.2) is 47.4 Å². The number of carbonyl (C=O) groups excluding carboxylic acids is 2. The average molecular weight is 475 g/mol. The standard InChI is InChI=1S/C24H30N2O6S/c1-4-26(5-2)33(29,30)18-12-13-21(25-14-8-9-15-25)20(16-18)24(28)32-17-22(27)19-10-6-7-11-23(19)31-3/h6-7,10-13,16H,4-5,8-9,14-15,17H2,1-3H3. The fraction of sp³-hybridized carbons (Fsp3) is 0.417. The molecule has 3 rings (SSSR count). The van der Waals surface area contributed by atoms with Crippen LogP contribution in [0.25, 0.3) is 0 Å². The van der Waals surface area contributed by atoms with Crippen molar-refractivity contribution in [3.63, 3.8) is 0 Å². The number of methoxy groups -OCH3 is 1. The van der Waals surface area contributed by atoms with Crippen LogP contribution in [0.4, 0.5) is 5.69 Å². The minimum absolute atomic E-state index is 0.0251. The van der Waals surface area contributed by atoms with E-state index in [-0.39, 0.29) is 10.5 Å².